The van der Waals surface area contributed by atoms with Crippen molar-refractivity contribution in [3.05, 3.63) is 46.0 Å². The van der Waals surface area contributed by atoms with Crippen LogP contribution in [0.4, 0.5) is 9.59 Å². The maximum atomic E-state index is 12.1. The van der Waals surface area contributed by atoms with Gasteiger partial charge in [0, 0.05) is 25.5 Å². The average Bonchev–Trinajstić information content (AvgIpc) is 2.85. The number of halogens is 1. The summed E-state index contributed by atoms with van der Waals surface area (Å²) in [7, 11) is 1.28. The molecule has 13 heteroatoms. The lowest BCUT2D eigenvalue weighted by molar-refractivity contribution is 0.0210. The van der Waals surface area contributed by atoms with E-state index in [4.69, 9.17) is 21.1 Å². The normalized spacial score (nSPS) is 14.8. The van der Waals surface area contributed by atoms with E-state index in [-0.39, 0.29) is 23.3 Å². The van der Waals surface area contributed by atoms with Crippen molar-refractivity contribution in [1.29, 1.82) is 0 Å². The second-order valence-electron chi connectivity index (χ2n) is 11.1. The number of amides is 2. The van der Waals surface area contributed by atoms with Crippen molar-refractivity contribution in [2.75, 3.05) is 20.2 Å². The summed E-state index contributed by atoms with van der Waals surface area (Å²) in [5.74, 6) is -0.588. The van der Waals surface area contributed by atoms with Gasteiger partial charge in [0.1, 0.15) is 11.2 Å². The largest absolute Gasteiger partial charge is 0.463 e. The van der Waals surface area contributed by atoms with Gasteiger partial charge in [-0.25, -0.2) is 34.3 Å². The number of nitrogens with zero attached hydrogens (tertiary/aromatic N) is 6. The summed E-state index contributed by atoms with van der Waals surface area (Å²) in [4.78, 5) is 54.9. The molecule has 0 N–H and O–H groups in total. The van der Waals surface area contributed by atoms with Crippen molar-refractivity contribution < 1.29 is 28.6 Å². The molecule has 39 heavy (non-hydrogen) atoms. The fraction of sp³-hybridized carbons (Fsp3) is 0.577. The van der Waals surface area contributed by atoms with Crippen molar-refractivity contribution in [2.24, 2.45) is 0 Å². The van der Waals surface area contributed by atoms with Crippen LogP contribution in [0.25, 0.3) is 0 Å². The van der Waals surface area contributed by atoms with Gasteiger partial charge in [-0.1, -0.05) is 0 Å². The Morgan fingerprint density at radius 3 is 1.72 bits per heavy atom. The molecule has 0 spiro atoms. The minimum Gasteiger partial charge on any atom is -0.463 e. The Hall–Kier alpha value is -3.54. The van der Waals surface area contributed by atoms with E-state index in [1.165, 1.54) is 7.11 Å². The first kappa shape index (κ1) is 30.0. The SMILES string of the molecule is CC(C)(C)OC(=O)N1CCc2cnc(Cl)nc2C1.COC(=O)c1ncc2c(n1)CN(C(=O)OC(C)(C)C)CC2. The van der Waals surface area contributed by atoms with E-state index in [9.17, 15) is 14.4 Å². The number of rotatable bonds is 1. The molecule has 2 aromatic rings. The van der Waals surface area contributed by atoms with Gasteiger partial charge in [-0.05, 0) is 77.1 Å². The summed E-state index contributed by atoms with van der Waals surface area (Å²) in [6.07, 6.45) is 3.99. The van der Waals surface area contributed by atoms with Crippen molar-refractivity contribution >= 4 is 29.8 Å². The van der Waals surface area contributed by atoms with Crippen LogP contribution in [0.2, 0.25) is 5.28 Å². The molecule has 0 unspecified atom stereocenters. The molecular weight excluding hydrogens is 528 g/mol. The van der Waals surface area contributed by atoms with Crippen molar-refractivity contribution in [1.82, 2.24) is 29.7 Å². The van der Waals surface area contributed by atoms with Crippen LogP contribution in [0.15, 0.2) is 12.4 Å². The molecule has 0 aromatic carbocycles. The van der Waals surface area contributed by atoms with Gasteiger partial charge in [-0.3, -0.25) is 0 Å². The maximum Gasteiger partial charge on any atom is 0.410 e. The fourth-order valence-electron chi connectivity index (χ4n) is 3.74. The van der Waals surface area contributed by atoms with Gasteiger partial charge in [0.05, 0.1) is 31.6 Å². The van der Waals surface area contributed by atoms with Crippen LogP contribution in [0.5, 0.6) is 0 Å². The zero-order valence-corrected chi connectivity index (χ0v) is 24.2. The van der Waals surface area contributed by atoms with Crippen LogP contribution in [0.3, 0.4) is 0 Å². The lowest BCUT2D eigenvalue weighted by Crippen LogP contribution is -2.40. The molecule has 0 radical (unpaired) electrons. The van der Waals surface area contributed by atoms with Gasteiger partial charge < -0.3 is 24.0 Å². The molecule has 0 bridgehead atoms. The number of ether oxygens (including phenoxy) is 3. The zero-order chi connectivity index (χ0) is 29.0. The fourth-order valence-corrected chi connectivity index (χ4v) is 3.89. The second-order valence-corrected chi connectivity index (χ2v) is 11.4. The zero-order valence-electron chi connectivity index (χ0n) is 23.4. The number of carbonyl (C=O) groups excluding carboxylic acids is 3. The Morgan fingerprint density at radius 2 is 1.26 bits per heavy atom. The molecule has 0 atom stereocenters. The minimum atomic E-state index is -0.591. The molecule has 0 saturated heterocycles. The quantitative estimate of drug-likeness (QED) is 0.285. The summed E-state index contributed by atoms with van der Waals surface area (Å²) < 4.78 is 15.3. The first-order valence-electron chi connectivity index (χ1n) is 12.5. The van der Waals surface area contributed by atoms with Crippen molar-refractivity contribution in [2.45, 2.75) is 78.7 Å². The lowest BCUT2D eigenvalue weighted by atomic mass is 10.1. The van der Waals surface area contributed by atoms with Gasteiger partial charge in [-0.2, -0.15) is 0 Å². The topological polar surface area (TPSA) is 137 Å². The summed E-state index contributed by atoms with van der Waals surface area (Å²) in [6, 6.07) is 0. The van der Waals surface area contributed by atoms with Crippen molar-refractivity contribution in [3.63, 3.8) is 0 Å². The second kappa shape index (κ2) is 12.1. The Labute approximate surface area is 233 Å². The monoisotopic (exact) mass is 562 g/mol. The van der Waals surface area contributed by atoms with E-state index in [0.717, 1.165) is 23.2 Å². The Bertz CT molecular complexity index is 1230. The van der Waals surface area contributed by atoms with E-state index in [1.807, 2.05) is 41.5 Å². The molecule has 2 aliphatic heterocycles. The minimum absolute atomic E-state index is 0.00212. The number of fused-ring (bicyclic) bond motifs is 2. The molecule has 4 heterocycles. The van der Waals surface area contributed by atoms with E-state index in [0.29, 0.717) is 38.3 Å². The van der Waals surface area contributed by atoms with E-state index in [1.54, 1.807) is 22.2 Å². The number of aromatic nitrogens is 4. The highest BCUT2D eigenvalue weighted by Crippen LogP contribution is 2.21. The molecule has 0 saturated carbocycles. The predicted octanol–water partition coefficient (Wildman–Crippen LogP) is 3.98. The van der Waals surface area contributed by atoms with Crippen LogP contribution in [-0.4, -0.2) is 79.3 Å². The Kier molecular flexibility index (Phi) is 9.31. The average molecular weight is 563 g/mol. The molecule has 4 rings (SSSR count). The molecule has 12 nitrogen and oxygen atoms in total. The molecule has 0 fully saturated rings. The molecule has 2 amide bonds. The number of hydrogen-bond acceptors (Lipinski definition) is 10. The van der Waals surface area contributed by atoms with Gasteiger partial charge in [0.2, 0.25) is 11.1 Å². The first-order valence-corrected chi connectivity index (χ1v) is 12.9. The predicted molar refractivity (Wildman–Crippen MR) is 141 cm³/mol. The molecule has 2 aliphatic rings. The van der Waals surface area contributed by atoms with Crippen molar-refractivity contribution in [3.8, 4) is 0 Å². The molecule has 2 aromatic heterocycles. The Balaban J connectivity index is 0.000000218. The maximum absolute atomic E-state index is 12.1. The third kappa shape index (κ3) is 8.74. The van der Waals surface area contributed by atoms with Crippen LogP contribution in [-0.2, 0) is 40.1 Å². The van der Waals surface area contributed by atoms with E-state index >= 15 is 0 Å². The summed E-state index contributed by atoms with van der Waals surface area (Å²) in [6.45, 7) is 12.9. The smallest absolute Gasteiger partial charge is 0.410 e. The first-order chi connectivity index (χ1) is 18.1. The lowest BCUT2D eigenvalue weighted by Gasteiger charge is -2.30. The van der Waals surface area contributed by atoms with Gasteiger partial charge in [0.25, 0.3) is 0 Å². The Morgan fingerprint density at radius 1 is 0.795 bits per heavy atom. The van der Waals surface area contributed by atoms with Gasteiger partial charge in [0.15, 0.2) is 0 Å². The highest BCUT2D eigenvalue weighted by Gasteiger charge is 2.28. The number of carbonyl (C=O) groups is 3. The highest BCUT2D eigenvalue weighted by atomic mass is 35.5. The third-order valence-corrected chi connectivity index (χ3v) is 5.72. The van der Waals surface area contributed by atoms with E-state index in [2.05, 4.69) is 24.7 Å². The summed E-state index contributed by atoms with van der Waals surface area (Å²) >= 11 is 5.75. The third-order valence-electron chi connectivity index (χ3n) is 5.53. The number of methoxy groups -OCH3 is 1. The summed E-state index contributed by atoms with van der Waals surface area (Å²) in [5.41, 5.74) is 2.40. The highest BCUT2D eigenvalue weighted by molar-refractivity contribution is 6.28. The van der Waals surface area contributed by atoms with Gasteiger partial charge in [-0.15, -0.1) is 0 Å². The van der Waals surface area contributed by atoms with Crippen LogP contribution < -0.4 is 0 Å². The van der Waals surface area contributed by atoms with Gasteiger partial charge >= 0.3 is 18.2 Å². The van der Waals surface area contributed by atoms with E-state index < -0.39 is 17.2 Å². The van der Waals surface area contributed by atoms with Crippen LogP contribution in [0, 0.1) is 0 Å². The standard InChI is InChI=1S/C14H19N3O4.C12H16ClN3O2/c1-14(2,3)21-13(19)17-6-5-9-7-15-11(12(18)20-4)16-10(9)8-17;1-12(2,3)18-11(17)16-5-4-8-6-14-10(13)15-9(8)7-16/h7H,5-6,8H2,1-4H3;6H,4-5,7H2,1-3H3. The molecule has 212 valence electrons. The molecule has 0 aliphatic carbocycles. The summed E-state index contributed by atoms with van der Waals surface area (Å²) in [5, 5.41) is 0.208. The van der Waals surface area contributed by atoms with Crippen LogP contribution >= 0.6 is 11.6 Å². The molecular formula is C26H35ClN6O6. The number of hydrogen-bond donors (Lipinski definition) is 0. The van der Waals surface area contributed by atoms with Crippen LogP contribution in [0.1, 0.15) is 74.7 Å². The number of esters is 1.